The first-order valence-corrected chi connectivity index (χ1v) is 14.6. The van der Waals surface area contributed by atoms with Crippen LogP contribution in [0.3, 0.4) is 0 Å². The van der Waals surface area contributed by atoms with Gasteiger partial charge in [-0.2, -0.15) is 28.2 Å². The van der Waals surface area contributed by atoms with Crippen molar-refractivity contribution in [1.82, 2.24) is 24.6 Å². The molecule has 6 rings (SSSR count). The number of anilines is 2. The molecule has 0 unspecified atom stereocenters. The number of halogens is 3. The number of amides is 1. The van der Waals surface area contributed by atoms with Gasteiger partial charge in [0.2, 0.25) is 5.95 Å². The van der Waals surface area contributed by atoms with Crippen LogP contribution in [-0.2, 0) is 19.2 Å². The van der Waals surface area contributed by atoms with Crippen molar-refractivity contribution >= 4 is 34.8 Å². The molecule has 4 atom stereocenters. The fraction of sp³-hybridized carbons (Fsp3) is 0.367. The number of hydrogen-bond donors (Lipinski definition) is 4. The lowest BCUT2D eigenvalue weighted by atomic mass is 9.91. The third kappa shape index (κ3) is 6.55. The van der Waals surface area contributed by atoms with Gasteiger partial charge in [0.25, 0.3) is 5.91 Å². The summed E-state index contributed by atoms with van der Waals surface area (Å²) in [4.78, 5) is 43.3. The number of imidazole rings is 1. The van der Waals surface area contributed by atoms with E-state index < -0.39 is 62.3 Å². The Kier molecular flexibility index (Phi) is 8.96. The summed E-state index contributed by atoms with van der Waals surface area (Å²) in [7, 11) is 0. The lowest BCUT2D eigenvalue weighted by Gasteiger charge is -2.33. The monoisotopic (exact) mass is 657 g/mol. The number of alkyl halides is 3. The molecule has 2 aliphatic rings. The molecule has 0 radical (unpaired) electrons. The minimum atomic E-state index is -5.28. The molecule has 14 nitrogen and oxygen atoms in total. The van der Waals surface area contributed by atoms with Crippen molar-refractivity contribution in [2.75, 3.05) is 43.0 Å². The number of aliphatic hydroxyl groups is 3. The van der Waals surface area contributed by atoms with Gasteiger partial charge in [0.1, 0.15) is 24.9 Å². The average Bonchev–Trinajstić information content (AvgIpc) is 3.62. The van der Waals surface area contributed by atoms with E-state index in [0.717, 1.165) is 11.1 Å². The average molecular weight is 658 g/mol. The molecule has 47 heavy (non-hydrogen) atoms. The van der Waals surface area contributed by atoms with Gasteiger partial charge in [-0.1, -0.05) is 60.7 Å². The Balaban J connectivity index is 1.34. The molecule has 2 aromatic heterocycles. The highest BCUT2D eigenvalue weighted by molar-refractivity contribution is 5.87. The third-order valence-electron chi connectivity index (χ3n) is 7.96. The lowest BCUT2D eigenvalue weighted by molar-refractivity contribution is -0.237. The second kappa shape index (κ2) is 13.1. The topological polar surface area (TPSA) is 175 Å². The zero-order chi connectivity index (χ0) is 33.3. The minimum Gasteiger partial charge on any atom is -0.394 e. The number of carbonyl (C=O) groups is 2. The Morgan fingerprint density at radius 1 is 1.02 bits per heavy atom. The van der Waals surface area contributed by atoms with E-state index in [2.05, 4.69) is 25.1 Å². The van der Waals surface area contributed by atoms with Crippen molar-refractivity contribution in [1.29, 1.82) is 0 Å². The number of rotatable bonds is 9. The van der Waals surface area contributed by atoms with E-state index >= 15 is 0 Å². The second-order valence-electron chi connectivity index (χ2n) is 11.0. The fourth-order valence-corrected chi connectivity index (χ4v) is 5.54. The van der Waals surface area contributed by atoms with Crippen molar-refractivity contribution in [3.63, 3.8) is 0 Å². The highest BCUT2D eigenvalue weighted by Crippen LogP contribution is 2.34. The van der Waals surface area contributed by atoms with Gasteiger partial charge in [-0.15, -0.1) is 0 Å². The van der Waals surface area contributed by atoms with E-state index in [1.807, 2.05) is 60.7 Å². The molecule has 17 heteroatoms. The van der Waals surface area contributed by atoms with E-state index in [1.54, 1.807) is 0 Å². The highest BCUT2D eigenvalue weighted by Gasteiger charge is 2.45. The Labute approximate surface area is 264 Å². The molecule has 248 valence electrons. The standard InChI is InChI=1S/C30H30F3N7O7/c31-30(32,33)28(45)47-40-12-11-38(14-21(40)42)29-36-25(34-13-19(17-7-3-1-4-8-17)18-9-5-2-6-10-18)22-26(37-29)39(16-35-22)27-24(44)23(43)20(15-41)46-27/h1-10,16,19-20,23-24,27,41,43-44H,11-15H2,(H,34,36,37)/t20-,23-,24-,27-/m1/s1. The summed E-state index contributed by atoms with van der Waals surface area (Å²) >= 11 is 0. The summed E-state index contributed by atoms with van der Waals surface area (Å²) in [5, 5.41) is 34.4. The predicted molar refractivity (Wildman–Crippen MR) is 158 cm³/mol. The molecule has 4 heterocycles. The molecule has 2 saturated heterocycles. The fourth-order valence-electron chi connectivity index (χ4n) is 5.54. The van der Waals surface area contributed by atoms with Gasteiger partial charge in [0.15, 0.2) is 23.2 Å². The van der Waals surface area contributed by atoms with Crippen LogP contribution in [0.15, 0.2) is 67.0 Å². The number of hydroxylamine groups is 2. The van der Waals surface area contributed by atoms with E-state index in [1.165, 1.54) is 15.8 Å². The Hall–Kier alpha value is -4.84. The normalized spacial score (nSPS) is 21.9. The summed E-state index contributed by atoms with van der Waals surface area (Å²) in [6, 6.07) is 19.5. The van der Waals surface area contributed by atoms with Gasteiger partial charge >= 0.3 is 12.1 Å². The molecule has 2 fully saturated rings. The van der Waals surface area contributed by atoms with Crippen molar-refractivity contribution in [2.45, 2.75) is 36.6 Å². The highest BCUT2D eigenvalue weighted by atomic mass is 19.4. The SMILES string of the molecule is O=C1CN(c2nc(NCC(c3ccccc3)c3ccccc3)c3ncn([C@@H]4O[C@H](CO)[C@@H](O)[C@H]4O)c3n2)CCN1OC(=O)C(F)(F)F. The van der Waals surface area contributed by atoms with Crippen LogP contribution in [0.2, 0.25) is 0 Å². The smallest absolute Gasteiger partial charge is 0.394 e. The van der Waals surface area contributed by atoms with Gasteiger partial charge in [0, 0.05) is 19.0 Å². The van der Waals surface area contributed by atoms with Gasteiger partial charge < -0.3 is 35.1 Å². The van der Waals surface area contributed by atoms with Crippen LogP contribution in [-0.4, -0.2) is 109 Å². The maximum absolute atomic E-state index is 12.7. The van der Waals surface area contributed by atoms with Crippen LogP contribution >= 0.6 is 0 Å². The zero-order valence-electron chi connectivity index (χ0n) is 24.6. The number of benzene rings is 2. The largest absolute Gasteiger partial charge is 0.493 e. The minimum absolute atomic E-state index is 0.0142. The molecule has 0 aliphatic carbocycles. The van der Waals surface area contributed by atoms with Crippen LogP contribution in [0.25, 0.3) is 11.2 Å². The van der Waals surface area contributed by atoms with Crippen molar-refractivity contribution in [3.05, 3.63) is 78.1 Å². The molecule has 4 aromatic rings. The number of hydrogen-bond acceptors (Lipinski definition) is 12. The molecular formula is C30H30F3N7O7. The van der Waals surface area contributed by atoms with E-state index in [4.69, 9.17) is 4.74 Å². The van der Waals surface area contributed by atoms with Crippen molar-refractivity contribution < 1.29 is 47.7 Å². The van der Waals surface area contributed by atoms with Crippen LogP contribution in [0.5, 0.6) is 0 Å². The molecule has 2 aliphatic heterocycles. The van der Waals surface area contributed by atoms with E-state index in [-0.39, 0.29) is 35.4 Å². The number of carbonyl (C=O) groups excluding carboxylic acids is 2. The number of nitrogens with one attached hydrogen (secondary N) is 1. The molecular weight excluding hydrogens is 627 g/mol. The first kappa shape index (κ1) is 32.1. The van der Waals surface area contributed by atoms with E-state index in [9.17, 15) is 38.1 Å². The zero-order valence-corrected chi connectivity index (χ0v) is 24.6. The van der Waals surface area contributed by atoms with Crippen LogP contribution < -0.4 is 10.2 Å². The number of ether oxygens (including phenoxy) is 1. The molecule has 1 amide bonds. The number of piperazine rings is 1. The Bertz CT molecular complexity index is 1690. The first-order chi connectivity index (χ1) is 22.5. The summed E-state index contributed by atoms with van der Waals surface area (Å²) in [6.45, 7) is -1.24. The van der Waals surface area contributed by atoms with Crippen LogP contribution in [0.1, 0.15) is 23.3 Å². The van der Waals surface area contributed by atoms with E-state index in [0.29, 0.717) is 11.6 Å². The molecule has 0 spiro atoms. The lowest BCUT2D eigenvalue weighted by Crippen LogP contribution is -2.52. The summed E-state index contributed by atoms with van der Waals surface area (Å²) in [5.74, 6) is -3.36. The van der Waals surface area contributed by atoms with Crippen LogP contribution in [0, 0.1) is 0 Å². The number of nitrogens with zero attached hydrogens (tertiary/aromatic N) is 6. The Morgan fingerprint density at radius 2 is 1.68 bits per heavy atom. The molecule has 2 aromatic carbocycles. The van der Waals surface area contributed by atoms with Gasteiger partial charge in [-0.05, 0) is 11.1 Å². The predicted octanol–water partition coefficient (Wildman–Crippen LogP) is 1.35. The Morgan fingerprint density at radius 3 is 2.26 bits per heavy atom. The number of fused-ring (bicyclic) bond motifs is 1. The summed E-state index contributed by atoms with van der Waals surface area (Å²) in [5.41, 5.74) is 2.44. The van der Waals surface area contributed by atoms with Gasteiger partial charge in [-0.3, -0.25) is 9.36 Å². The maximum atomic E-state index is 12.7. The molecule has 0 bridgehead atoms. The number of aromatic nitrogens is 4. The molecule has 0 saturated carbocycles. The first-order valence-electron chi connectivity index (χ1n) is 14.6. The van der Waals surface area contributed by atoms with Crippen molar-refractivity contribution in [3.8, 4) is 0 Å². The summed E-state index contributed by atoms with van der Waals surface area (Å²) < 4.78 is 45.3. The summed E-state index contributed by atoms with van der Waals surface area (Å²) in [6.07, 6.45) is -9.06. The number of aliphatic hydroxyl groups excluding tert-OH is 3. The third-order valence-corrected chi connectivity index (χ3v) is 7.96. The molecule has 4 N–H and O–H groups in total. The maximum Gasteiger partial charge on any atom is 0.493 e. The van der Waals surface area contributed by atoms with Gasteiger partial charge in [0.05, 0.1) is 19.5 Å². The quantitative estimate of drug-likeness (QED) is 0.204. The van der Waals surface area contributed by atoms with Crippen LogP contribution in [0.4, 0.5) is 24.9 Å². The van der Waals surface area contributed by atoms with Crippen molar-refractivity contribution in [2.24, 2.45) is 0 Å². The second-order valence-corrected chi connectivity index (χ2v) is 11.0. The van der Waals surface area contributed by atoms with Gasteiger partial charge in [-0.25, -0.2) is 9.78 Å².